The lowest BCUT2D eigenvalue weighted by Gasteiger charge is -2.40. The monoisotopic (exact) mass is 501 g/mol. The number of carbonyl (C=O) groups is 3. The zero-order valence-corrected chi connectivity index (χ0v) is 21.8. The second kappa shape index (κ2) is 11.5. The van der Waals surface area contributed by atoms with Crippen LogP contribution in [0.25, 0.3) is 0 Å². The van der Waals surface area contributed by atoms with Crippen molar-refractivity contribution < 1.29 is 24.2 Å². The predicted octanol–water partition coefficient (Wildman–Crippen LogP) is 2.52. The summed E-state index contributed by atoms with van der Waals surface area (Å²) in [5.41, 5.74) is -0.959. The van der Waals surface area contributed by atoms with Gasteiger partial charge in [-0.15, -0.1) is 13.2 Å². The zero-order valence-electron chi connectivity index (χ0n) is 21.8. The minimum atomic E-state index is -0.959. The van der Waals surface area contributed by atoms with Crippen LogP contribution < -0.4 is 0 Å². The lowest BCUT2D eigenvalue weighted by atomic mass is 9.70. The first-order valence-corrected chi connectivity index (χ1v) is 13.8. The molecular weight excluding hydrogens is 458 g/mol. The van der Waals surface area contributed by atoms with Gasteiger partial charge in [-0.2, -0.15) is 0 Å². The number of rotatable bonds is 12. The number of ether oxygens (including phenoxy) is 1. The van der Waals surface area contributed by atoms with Crippen LogP contribution in [-0.4, -0.2) is 94.6 Å². The summed E-state index contributed by atoms with van der Waals surface area (Å²) in [5.74, 6) is -1.51. The molecule has 3 saturated heterocycles. The highest BCUT2D eigenvalue weighted by molar-refractivity contribution is 5.99. The van der Waals surface area contributed by atoms with Crippen LogP contribution in [0.2, 0.25) is 0 Å². The minimum Gasteiger partial charge on any atom is -0.396 e. The molecule has 1 N–H and O–H groups in total. The first-order valence-electron chi connectivity index (χ1n) is 13.8. The van der Waals surface area contributed by atoms with Crippen molar-refractivity contribution in [3.05, 3.63) is 25.3 Å². The molecule has 8 heteroatoms. The number of aliphatic hydroxyl groups is 1. The number of amides is 3. The molecule has 2 unspecified atom stereocenters. The average molecular weight is 502 g/mol. The highest BCUT2D eigenvalue weighted by Crippen LogP contribution is 2.59. The van der Waals surface area contributed by atoms with E-state index in [1.807, 2.05) is 4.90 Å². The quantitative estimate of drug-likeness (QED) is 0.328. The van der Waals surface area contributed by atoms with Crippen molar-refractivity contribution in [3.8, 4) is 0 Å². The molecule has 5 atom stereocenters. The largest absolute Gasteiger partial charge is 0.396 e. The van der Waals surface area contributed by atoms with Gasteiger partial charge in [0, 0.05) is 39.3 Å². The Morgan fingerprint density at radius 1 is 1.08 bits per heavy atom. The van der Waals surface area contributed by atoms with Gasteiger partial charge in [-0.1, -0.05) is 31.4 Å². The van der Waals surface area contributed by atoms with E-state index in [4.69, 9.17) is 4.74 Å². The molecule has 1 saturated carbocycles. The van der Waals surface area contributed by atoms with Gasteiger partial charge in [-0.3, -0.25) is 14.4 Å². The maximum atomic E-state index is 14.4. The third kappa shape index (κ3) is 4.62. The predicted molar refractivity (Wildman–Crippen MR) is 137 cm³/mol. The Morgan fingerprint density at radius 3 is 2.47 bits per heavy atom. The number of nitrogens with zero attached hydrogens (tertiary/aromatic N) is 3. The van der Waals surface area contributed by atoms with E-state index in [0.29, 0.717) is 45.3 Å². The first kappa shape index (κ1) is 26.9. The lowest BCUT2D eigenvalue weighted by molar-refractivity contribution is -0.150. The number of hydrogen-bond acceptors (Lipinski definition) is 5. The molecule has 200 valence electrons. The molecule has 4 fully saturated rings. The van der Waals surface area contributed by atoms with E-state index in [0.717, 1.165) is 32.1 Å². The van der Waals surface area contributed by atoms with Gasteiger partial charge in [0.25, 0.3) is 0 Å². The number of likely N-dealkylation sites (tertiary alicyclic amines) is 1. The van der Waals surface area contributed by atoms with Crippen LogP contribution in [0.1, 0.15) is 64.2 Å². The summed E-state index contributed by atoms with van der Waals surface area (Å²) < 4.78 is 6.57. The molecule has 0 aromatic rings. The van der Waals surface area contributed by atoms with Crippen LogP contribution in [0, 0.1) is 11.8 Å². The van der Waals surface area contributed by atoms with Gasteiger partial charge in [-0.05, 0) is 44.9 Å². The lowest BCUT2D eigenvalue weighted by Crippen LogP contribution is -2.58. The maximum Gasteiger partial charge on any atom is 0.248 e. The molecule has 8 nitrogen and oxygen atoms in total. The van der Waals surface area contributed by atoms with E-state index in [1.54, 1.807) is 29.0 Å². The fourth-order valence-corrected chi connectivity index (χ4v) is 7.17. The van der Waals surface area contributed by atoms with Crippen LogP contribution in [0.3, 0.4) is 0 Å². The second-order valence-electron chi connectivity index (χ2n) is 11.0. The van der Waals surface area contributed by atoms with Crippen LogP contribution in [-0.2, 0) is 19.1 Å². The summed E-state index contributed by atoms with van der Waals surface area (Å²) in [4.78, 5) is 47.1. The van der Waals surface area contributed by atoms with Crippen molar-refractivity contribution in [1.82, 2.24) is 14.7 Å². The van der Waals surface area contributed by atoms with Gasteiger partial charge >= 0.3 is 0 Å². The molecule has 3 aliphatic heterocycles. The van der Waals surface area contributed by atoms with Crippen LogP contribution in [0.4, 0.5) is 0 Å². The zero-order chi connectivity index (χ0) is 25.9. The third-order valence-corrected chi connectivity index (χ3v) is 8.78. The van der Waals surface area contributed by atoms with Crippen LogP contribution in [0.5, 0.6) is 0 Å². The normalized spacial score (nSPS) is 31.4. The first-order chi connectivity index (χ1) is 17.4. The van der Waals surface area contributed by atoms with Gasteiger partial charge in [0.2, 0.25) is 17.7 Å². The van der Waals surface area contributed by atoms with Gasteiger partial charge in [0.05, 0.1) is 17.9 Å². The Balaban J connectivity index is 1.68. The van der Waals surface area contributed by atoms with Gasteiger partial charge in [0.15, 0.2) is 0 Å². The van der Waals surface area contributed by atoms with Crippen molar-refractivity contribution in [2.45, 2.75) is 88.0 Å². The molecule has 3 amide bonds. The van der Waals surface area contributed by atoms with E-state index >= 15 is 0 Å². The van der Waals surface area contributed by atoms with Crippen molar-refractivity contribution >= 4 is 17.7 Å². The standard InChI is InChI=1S/C28H43N3O5/c1-4-16-29(3)25(33)22-21-14-15-28(36-21)23(22)26(34)31(18-10-7-11-19-32)24(28)27(35)30(17-5-2)20-12-8-6-9-13-20/h4-5,20-24,32H,1-2,6-19H2,3H3/t21-,22+,23+,24?,28?/m1/s1. The Morgan fingerprint density at radius 2 is 1.81 bits per heavy atom. The molecule has 1 spiro atoms. The van der Waals surface area contributed by atoms with Gasteiger partial charge in [-0.25, -0.2) is 0 Å². The second-order valence-corrected chi connectivity index (χ2v) is 11.0. The third-order valence-electron chi connectivity index (χ3n) is 8.78. The summed E-state index contributed by atoms with van der Waals surface area (Å²) in [6, 6.07) is -0.584. The molecule has 2 bridgehead atoms. The average Bonchev–Trinajstić information content (AvgIpc) is 3.52. The van der Waals surface area contributed by atoms with E-state index < -0.39 is 23.5 Å². The van der Waals surface area contributed by atoms with Crippen molar-refractivity contribution in [3.63, 3.8) is 0 Å². The van der Waals surface area contributed by atoms with Gasteiger partial charge in [0.1, 0.15) is 11.6 Å². The highest BCUT2D eigenvalue weighted by Gasteiger charge is 2.74. The fourth-order valence-electron chi connectivity index (χ4n) is 7.17. The van der Waals surface area contributed by atoms with Crippen molar-refractivity contribution in [1.29, 1.82) is 0 Å². The molecule has 1 aliphatic carbocycles. The molecular formula is C28H43N3O5. The topological polar surface area (TPSA) is 90.4 Å². The summed E-state index contributed by atoms with van der Waals surface area (Å²) >= 11 is 0. The molecule has 0 aromatic heterocycles. The number of fused-ring (bicyclic) bond motifs is 1. The van der Waals surface area contributed by atoms with E-state index in [1.165, 1.54) is 6.42 Å². The fraction of sp³-hybridized carbons (Fsp3) is 0.750. The summed E-state index contributed by atoms with van der Waals surface area (Å²) in [6.07, 6.45) is 11.8. The Labute approximate surface area is 215 Å². The SMILES string of the molecule is C=CCN(C)C(=O)[C@@H]1[C@H]2C(=O)N(CCCCCO)C(C(=O)N(CC=C)C3CCCCC3)C23CC[C@H]1O3. The Kier molecular flexibility index (Phi) is 8.56. The van der Waals surface area contributed by atoms with E-state index in [2.05, 4.69) is 13.2 Å². The number of hydrogen-bond donors (Lipinski definition) is 1. The number of aliphatic hydroxyl groups excluding tert-OH is 1. The summed E-state index contributed by atoms with van der Waals surface area (Å²) in [5, 5.41) is 9.21. The molecule has 3 heterocycles. The number of unbranched alkanes of at least 4 members (excludes halogenated alkanes) is 2. The van der Waals surface area contributed by atoms with Crippen LogP contribution in [0.15, 0.2) is 25.3 Å². The van der Waals surface area contributed by atoms with E-state index in [-0.39, 0.29) is 36.5 Å². The maximum absolute atomic E-state index is 14.4. The molecule has 0 radical (unpaired) electrons. The Bertz CT molecular complexity index is 856. The summed E-state index contributed by atoms with van der Waals surface area (Å²) in [6.45, 7) is 9.02. The van der Waals surface area contributed by atoms with Crippen molar-refractivity contribution in [2.75, 3.05) is 33.3 Å². The Hall–Kier alpha value is -2.19. The smallest absolute Gasteiger partial charge is 0.248 e. The van der Waals surface area contributed by atoms with E-state index in [9.17, 15) is 19.5 Å². The molecule has 0 aromatic carbocycles. The van der Waals surface area contributed by atoms with Crippen molar-refractivity contribution in [2.24, 2.45) is 11.8 Å². The molecule has 4 aliphatic rings. The molecule has 36 heavy (non-hydrogen) atoms. The minimum absolute atomic E-state index is 0.0620. The van der Waals surface area contributed by atoms with Crippen LogP contribution >= 0.6 is 0 Å². The highest BCUT2D eigenvalue weighted by atomic mass is 16.5. The van der Waals surface area contributed by atoms with Gasteiger partial charge < -0.3 is 24.5 Å². The molecule has 4 rings (SSSR count). The number of carbonyl (C=O) groups excluding carboxylic acids is 3. The number of likely N-dealkylation sites (N-methyl/N-ethyl adjacent to an activating group) is 1. The summed E-state index contributed by atoms with van der Waals surface area (Å²) in [7, 11) is 1.73.